The molecule has 1 fully saturated rings. The lowest BCUT2D eigenvalue weighted by molar-refractivity contribution is -0.130. The second kappa shape index (κ2) is 9.98. The second-order valence-corrected chi connectivity index (χ2v) is 9.41. The zero-order valence-electron chi connectivity index (χ0n) is 16.3. The average Bonchev–Trinajstić information content (AvgIpc) is 3.22. The van der Waals surface area contributed by atoms with Gasteiger partial charge in [0.15, 0.2) is 0 Å². The van der Waals surface area contributed by atoms with Crippen molar-refractivity contribution in [1.82, 2.24) is 10.2 Å². The molecule has 3 rings (SSSR count). The van der Waals surface area contributed by atoms with E-state index < -0.39 is 0 Å². The number of carbonyl (C=O) groups excluding carboxylic acids is 2. The van der Waals surface area contributed by atoms with Crippen LogP contribution in [0.2, 0.25) is 0 Å². The third kappa shape index (κ3) is 5.75. The standard InChI is InChI=1S/C21H27N3O2S2/c1-15(2)20(18-4-3-11-28-18)23-21(26)22-17-7-5-16(6-8-17)14-19(25)24-9-12-27-13-10-24/h3-8,11,15,20H,9-10,12-14H2,1-2H3,(H2,22,23,26). The molecule has 0 radical (unpaired) electrons. The quantitative estimate of drug-likeness (QED) is 0.733. The summed E-state index contributed by atoms with van der Waals surface area (Å²) < 4.78 is 0. The van der Waals surface area contributed by atoms with Crippen LogP contribution in [0.1, 0.15) is 30.3 Å². The van der Waals surface area contributed by atoms with Crippen LogP contribution in [0.15, 0.2) is 41.8 Å². The second-order valence-electron chi connectivity index (χ2n) is 7.20. The molecular formula is C21H27N3O2S2. The minimum absolute atomic E-state index is 0.0143. The van der Waals surface area contributed by atoms with Gasteiger partial charge < -0.3 is 15.5 Å². The molecule has 1 saturated heterocycles. The van der Waals surface area contributed by atoms with Crippen molar-refractivity contribution in [3.8, 4) is 0 Å². The molecule has 3 amide bonds. The fourth-order valence-electron chi connectivity index (χ4n) is 3.15. The van der Waals surface area contributed by atoms with E-state index in [4.69, 9.17) is 0 Å². The largest absolute Gasteiger partial charge is 0.341 e. The lowest BCUT2D eigenvalue weighted by atomic mass is 10.0. The van der Waals surface area contributed by atoms with Gasteiger partial charge in [-0.3, -0.25) is 4.79 Å². The highest BCUT2D eigenvalue weighted by molar-refractivity contribution is 7.99. The summed E-state index contributed by atoms with van der Waals surface area (Å²) in [6.45, 7) is 5.87. The van der Waals surface area contributed by atoms with Crippen molar-refractivity contribution in [1.29, 1.82) is 0 Å². The first kappa shape index (κ1) is 20.7. The highest BCUT2D eigenvalue weighted by Crippen LogP contribution is 2.26. The smallest absolute Gasteiger partial charge is 0.319 e. The van der Waals surface area contributed by atoms with Gasteiger partial charge in [0.25, 0.3) is 0 Å². The number of amides is 3. The summed E-state index contributed by atoms with van der Waals surface area (Å²) in [5.41, 5.74) is 1.68. The van der Waals surface area contributed by atoms with Crippen LogP contribution < -0.4 is 10.6 Å². The summed E-state index contributed by atoms with van der Waals surface area (Å²) in [7, 11) is 0. The number of hydrogen-bond donors (Lipinski definition) is 2. The Morgan fingerprint density at radius 1 is 1.11 bits per heavy atom. The number of benzene rings is 1. The molecule has 1 unspecified atom stereocenters. The number of nitrogens with one attached hydrogen (secondary N) is 2. The van der Waals surface area contributed by atoms with Gasteiger partial charge in [-0.25, -0.2) is 4.79 Å². The molecular weight excluding hydrogens is 390 g/mol. The van der Waals surface area contributed by atoms with Gasteiger partial charge in [-0.15, -0.1) is 11.3 Å². The molecule has 0 saturated carbocycles. The summed E-state index contributed by atoms with van der Waals surface area (Å²) in [6.07, 6.45) is 0.408. The molecule has 5 nitrogen and oxygen atoms in total. The molecule has 2 N–H and O–H groups in total. The highest BCUT2D eigenvalue weighted by atomic mass is 32.2. The van der Waals surface area contributed by atoms with Crippen LogP contribution in [0.4, 0.5) is 10.5 Å². The molecule has 28 heavy (non-hydrogen) atoms. The van der Waals surface area contributed by atoms with Crippen molar-refractivity contribution in [2.75, 3.05) is 29.9 Å². The SMILES string of the molecule is CC(C)C(NC(=O)Nc1ccc(CC(=O)N2CCSCC2)cc1)c1cccs1. The highest BCUT2D eigenvalue weighted by Gasteiger charge is 2.19. The average molecular weight is 418 g/mol. The van der Waals surface area contributed by atoms with Crippen molar-refractivity contribution in [3.05, 3.63) is 52.2 Å². The zero-order chi connectivity index (χ0) is 19.9. The summed E-state index contributed by atoms with van der Waals surface area (Å²) >= 11 is 3.54. The van der Waals surface area contributed by atoms with E-state index in [0.29, 0.717) is 12.3 Å². The minimum atomic E-state index is -0.221. The van der Waals surface area contributed by atoms with E-state index in [2.05, 4.69) is 24.5 Å². The Morgan fingerprint density at radius 2 is 1.82 bits per heavy atom. The van der Waals surface area contributed by atoms with Gasteiger partial charge in [-0.2, -0.15) is 11.8 Å². The maximum absolute atomic E-state index is 12.4. The van der Waals surface area contributed by atoms with E-state index in [1.54, 1.807) is 11.3 Å². The molecule has 1 atom stereocenters. The fourth-order valence-corrected chi connectivity index (χ4v) is 5.00. The Hall–Kier alpha value is -1.99. The van der Waals surface area contributed by atoms with Crippen LogP contribution in [0, 0.1) is 5.92 Å². The number of anilines is 1. The van der Waals surface area contributed by atoms with E-state index in [9.17, 15) is 9.59 Å². The topological polar surface area (TPSA) is 61.4 Å². The van der Waals surface area contributed by atoms with E-state index in [0.717, 1.165) is 40.7 Å². The Bertz CT molecular complexity index is 769. The Morgan fingerprint density at radius 3 is 2.43 bits per heavy atom. The molecule has 1 aromatic heterocycles. The first-order valence-corrected chi connectivity index (χ1v) is 11.6. The van der Waals surface area contributed by atoms with Crippen LogP contribution in [0.25, 0.3) is 0 Å². The lowest BCUT2D eigenvalue weighted by Gasteiger charge is -2.26. The number of hydrogen-bond acceptors (Lipinski definition) is 4. The van der Waals surface area contributed by atoms with Gasteiger partial charge in [0, 0.05) is 35.2 Å². The Balaban J connectivity index is 1.53. The fraction of sp³-hybridized carbons (Fsp3) is 0.429. The summed E-state index contributed by atoms with van der Waals surface area (Å²) in [4.78, 5) is 27.9. The Kier molecular flexibility index (Phi) is 7.39. The third-order valence-corrected chi connectivity index (χ3v) is 6.63. The maximum atomic E-state index is 12.4. The van der Waals surface area contributed by atoms with E-state index >= 15 is 0 Å². The number of urea groups is 1. The number of carbonyl (C=O) groups is 2. The first-order valence-electron chi connectivity index (χ1n) is 9.58. The summed E-state index contributed by atoms with van der Waals surface area (Å²) in [6, 6.07) is 11.3. The number of rotatable bonds is 6. The molecule has 1 aromatic carbocycles. The number of thiophene rings is 1. The third-order valence-electron chi connectivity index (χ3n) is 4.73. The van der Waals surface area contributed by atoms with Gasteiger partial charge in [-0.1, -0.05) is 32.0 Å². The summed E-state index contributed by atoms with van der Waals surface area (Å²) in [5, 5.41) is 7.97. The van der Waals surface area contributed by atoms with E-state index in [1.165, 1.54) is 0 Å². The minimum Gasteiger partial charge on any atom is -0.341 e. The lowest BCUT2D eigenvalue weighted by Crippen LogP contribution is -2.38. The van der Waals surface area contributed by atoms with Crippen molar-refractivity contribution < 1.29 is 9.59 Å². The van der Waals surface area contributed by atoms with Gasteiger partial charge in [-0.05, 0) is 35.1 Å². The number of nitrogens with zero attached hydrogens (tertiary/aromatic N) is 1. The van der Waals surface area contributed by atoms with Crippen molar-refractivity contribution in [2.24, 2.45) is 5.92 Å². The van der Waals surface area contributed by atoms with Crippen LogP contribution in [-0.4, -0.2) is 41.4 Å². The van der Waals surface area contributed by atoms with Crippen LogP contribution >= 0.6 is 23.1 Å². The zero-order valence-corrected chi connectivity index (χ0v) is 17.9. The molecule has 7 heteroatoms. The van der Waals surface area contributed by atoms with Crippen molar-refractivity contribution in [3.63, 3.8) is 0 Å². The van der Waals surface area contributed by atoms with Gasteiger partial charge in [0.2, 0.25) is 5.91 Å². The molecule has 0 aliphatic carbocycles. The molecule has 150 valence electrons. The first-order chi connectivity index (χ1) is 13.5. The molecule has 1 aliphatic rings. The monoisotopic (exact) mass is 417 g/mol. The number of thioether (sulfide) groups is 1. The molecule has 1 aliphatic heterocycles. The van der Waals surface area contributed by atoms with Gasteiger partial charge in [0.1, 0.15) is 0 Å². The molecule has 0 spiro atoms. The maximum Gasteiger partial charge on any atom is 0.319 e. The predicted molar refractivity (Wildman–Crippen MR) is 118 cm³/mol. The van der Waals surface area contributed by atoms with E-state index in [-0.39, 0.29) is 18.0 Å². The molecule has 2 heterocycles. The molecule has 0 bridgehead atoms. The van der Waals surface area contributed by atoms with Crippen LogP contribution in [0.5, 0.6) is 0 Å². The van der Waals surface area contributed by atoms with Crippen molar-refractivity contribution in [2.45, 2.75) is 26.3 Å². The molecule has 2 aromatic rings. The van der Waals surface area contributed by atoms with Gasteiger partial charge in [0.05, 0.1) is 12.5 Å². The normalized spacial score (nSPS) is 15.3. The van der Waals surface area contributed by atoms with Crippen LogP contribution in [0.3, 0.4) is 0 Å². The van der Waals surface area contributed by atoms with Crippen molar-refractivity contribution >= 4 is 40.7 Å². The Labute approximate surface area is 174 Å². The van der Waals surface area contributed by atoms with Gasteiger partial charge >= 0.3 is 6.03 Å². The van der Waals surface area contributed by atoms with E-state index in [1.807, 2.05) is 58.4 Å². The predicted octanol–water partition coefficient (Wildman–Crippen LogP) is 4.38. The van der Waals surface area contributed by atoms with Crippen LogP contribution in [-0.2, 0) is 11.2 Å². The summed E-state index contributed by atoms with van der Waals surface area (Å²) in [5.74, 6) is 2.51.